The van der Waals surface area contributed by atoms with E-state index in [4.69, 9.17) is 4.74 Å². The summed E-state index contributed by atoms with van der Waals surface area (Å²) < 4.78 is 46.7. The second-order valence-corrected chi connectivity index (χ2v) is 7.60. The van der Waals surface area contributed by atoms with Gasteiger partial charge in [0.1, 0.15) is 12.4 Å². The maximum absolute atomic E-state index is 13.7. The Hall–Kier alpha value is -2.91. The third-order valence-electron chi connectivity index (χ3n) is 5.41. The molecule has 33 heavy (non-hydrogen) atoms. The summed E-state index contributed by atoms with van der Waals surface area (Å²) in [5.74, 6) is 0.134. The smallest absolute Gasteiger partial charge is 0.434 e. The molecule has 1 aliphatic heterocycles. The zero-order valence-electron chi connectivity index (χ0n) is 17.8. The van der Waals surface area contributed by atoms with E-state index < -0.39 is 23.3 Å². The van der Waals surface area contributed by atoms with E-state index in [2.05, 4.69) is 14.9 Å². The van der Waals surface area contributed by atoms with Crippen molar-refractivity contribution < 1.29 is 22.7 Å². The number of para-hydroxylation sites is 1. The summed E-state index contributed by atoms with van der Waals surface area (Å²) in [6, 6.07) is 12.1. The molecule has 2 aromatic heterocycles. The molecule has 6 nitrogen and oxygen atoms in total. The monoisotopic (exact) mass is 480 g/mol. The molecule has 3 heterocycles. The van der Waals surface area contributed by atoms with Crippen molar-refractivity contribution in [2.24, 2.45) is 0 Å². The van der Waals surface area contributed by atoms with Gasteiger partial charge in [0, 0.05) is 50.5 Å². The number of hydrogen-bond acceptors (Lipinski definition) is 5. The first-order chi connectivity index (χ1) is 15.4. The highest BCUT2D eigenvalue weighted by Gasteiger charge is 2.38. The maximum Gasteiger partial charge on any atom is 0.434 e. The third-order valence-corrected chi connectivity index (χ3v) is 5.41. The Morgan fingerprint density at radius 1 is 1.06 bits per heavy atom. The Kier molecular flexibility index (Phi) is 8.10. The number of amides is 1. The van der Waals surface area contributed by atoms with Gasteiger partial charge in [0.2, 0.25) is 0 Å². The van der Waals surface area contributed by atoms with Gasteiger partial charge in [-0.1, -0.05) is 18.2 Å². The molecular weight excluding hydrogens is 457 g/mol. The highest BCUT2D eigenvalue weighted by atomic mass is 35.5. The normalized spacial score (nSPS) is 15.1. The fraction of sp³-hybridized carbons (Fsp3) is 0.348. The van der Waals surface area contributed by atoms with E-state index in [1.165, 1.54) is 29.4 Å². The number of hydrogen-bond donors (Lipinski definition) is 0. The number of fused-ring (bicyclic) bond motifs is 1. The fourth-order valence-electron chi connectivity index (χ4n) is 3.77. The molecule has 1 amide bonds. The lowest BCUT2D eigenvalue weighted by atomic mass is 10.1. The predicted molar refractivity (Wildman–Crippen MR) is 121 cm³/mol. The van der Waals surface area contributed by atoms with Crippen LogP contribution in [0.2, 0.25) is 0 Å². The maximum atomic E-state index is 13.7. The van der Waals surface area contributed by atoms with E-state index in [9.17, 15) is 18.0 Å². The summed E-state index contributed by atoms with van der Waals surface area (Å²) in [5, 5.41) is 0.401. The first-order valence-electron chi connectivity index (χ1n) is 10.4. The van der Waals surface area contributed by atoms with Crippen LogP contribution >= 0.6 is 12.4 Å². The van der Waals surface area contributed by atoms with Crippen molar-refractivity contribution in [1.29, 1.82) is 0 Å². The van der Waals surface area contributed by atoms with Crippen LogP contribution in [0.1, 0.15) is 22.5 Å². The van der Waals surface area contributed by atoms with Crippen molar-refractivity contribution >= 4 is 29.2 Å². The number of aromatic nitrogens is 2. The molecule has 0 atom stereocenters. The molecule has 10 heteroatoms. The minimum absolute atomic E-state index is 0. The summed E-state index contributed by atoms with van der Waals surface area (Å²) in [4.78, 5) is 24.4. The number of alkyl halides is 3. The Morgan fingerprint density at radius 2 is 1.85 bits per heavy atom. The number of nitrogens with zero attached hydrogens (tertiary/aromatic N) is 4. The van der Waals surface area contributed by atoms with Gasteiger partial charge in [-0.3, -0.25) is 14.7 Å². The lowest BCUT2D eigenvalue weighted by molar-refractivity contribution is -0.141. The van der Waals surface area contributed by atoms with Gasteiger partial charge >= 0.3 is 6.18 Å². The molecule has 176 valence electrons. The number of carbonyl (C=O) groups is 1. The number of carbonyl (C=O) groups excluding carboxylic acids is 1. The molecule has 0 spiro atoms. The minimum Gasteiger partial charge on any atom is -0.492 e. The molecule has 1 saturated heterocycles. The number of benzene rings is 1. The zero-order chi connectivity index (χ0) is 22.6. The van der Waals surface area contributed by atoms with Crippen LogP contribution in [-0.2, 0) is 6.18 Å². The molecule has 0 radical (unpaired) electrons. The van der Waals surface area contributed by atoms with Crippen molar-refractivity contribution in [1.82, 2.24) is 19.8 Å². The summed E-state index contributed by atoms with van der Waals surface area (Å²) in [6.45, 7) is 3.21. The topological polar surface area (TPSA) is 58.6 Å². The van der Waals surface area contributed by atoms with Crippen LogP contribution in [0.25, 0.3) is 10.9 Å². The first kappa shape index (κ1) is 24.7. The van der Waals surface area contributed by atoms with Crippen LogP contribution in [0, 0.1) is 0 Å². The van der Waals surface area contributed by atoms with E-state index in [0.717, 1.165) is 12.3 Å². The molecular formula is C23H24ClF3N4O2. The van der Waals surface area contributed by atoms with Crippen molar-refractivity contribution in [2.75, 3.05) is 39.3 Å². The molecule has 0 N–H and O–H groups in total. The lowest BCUT2D eigenvalue weighted by Gasteiger charge is -2.23. The van der Waals surface area contributed by atoms with Crippen LogP contribution in [0.4, 0.5) is 13.2 Å². The molecule has 0 aliphatic carbocycles. The van der Waals surface area contributed by atoms with Gasteiger partial charge in [-0.15, -0.1) is 12.4 Å². The van der Waals surface area contributed by atoms with Crippen LogP contribution in [0.3, 0.4) is 0 Å². The van der Waals surface area contributed by atoms with Crippen molar-refractivity contribution in [3.8, 4) is 5.75 Å². The average Bonchev–Trinajstić information content (AvgIpc) is 3.03. The van der Waals surface area contributed by atoms with Crippen molar-refractivity contribution in [2.45, 2.75) is 12.6 Å². The second kappa shape index (κ2) is 10.8. The van der Waals surface area contributed by atoms with Gasteiger partial charge < -0.3 is 9.64 Å². The van der Waals surface area contributed by atoms with Gasteiger partial charge in [0.05, 0.1) is 11.1 Å². The largest absolute Gasteiger partial charge is 0.492 e. The van der Waals surface area contributed by atoms with Gasteiger partial charge in [-0.05, 0) is 30.7 Å². The lowest BCUT2D eigenvalue weighted by Crippen LogP contribution is -2.37. The molecule has 4 rings (SSSR count). The van der Waals surface area contributed by atoms with Gasteiger partial charge in [0.15, 0.2) is 5.69 Å². The molecule has 0 bridgehead atoms. The number of ether oxygens (including phenoxy) is 1. The van der Waals surface area contributed by atoms with E-state index in [0.29, 0.717) is 44.6 Å². The number of rotatable bonds is 5. The summed E-state index contributed by atoms with van der Waals surface area (Å²) in [5.41, 5.74) is -1.43. The number of pyridine rings is 2. The molecule has 1 aromatic carbocycles. The second-order valence-electron chi connectivity index (χ2n) is 7.60. The zero-order valence-corrected chi connectivity index (χ0v) is 18.6. The highest BCUT2D eigenvalue weighted by Crippen LogP contribution is 2.33. The van der Waals surface area contributed by atoms with Crippen LogP contribution < -0.4 is 4.74 Å². The summed E-state index contributed by atoms with van der Waals surface area (Å²) >= 11 is 0. The quantitative estimate of drug-likeness (QED) is 0.545. The van der Waals surface area contributed by atoms with Gasteiger partial charge in [-0.25, -0.2) is 4.98 Å². The summed E-state index contributed by atoms with van der Waals surface area (Å²) in [6.07, 6.45) is -1.27. The standard InChI is InChI=1S/C23H23F3N4O2.ClH/c24-23(25,26)21-19(15-17-16-27-8-7-20(17)28-21)22(31)30-10-4-9-29(11-12-30)13-14-32-18-5-2-1-3-6-18;/h1-3,5-8,15-16H,4,9-14H2;1H. The summed E-state index contributed by atoms with van der Waals surface area (Å²) in [7, 11) is 0. The first-order valence-corrected chi connectivity index (χ1v) is 10.4. The molecule has 1 fully saturated rings. The van der Waals surface area contributed by atoms with Gasteiger partial charge in [-0.2, -0.15) is 13.2 Å². The van der Waals surface area contributed by atoms with Crippen LogP contribution in [-0.4, -0.2) is 65.0 Å². The van der Waals surface area contributed by atoms with E-state index in [1.807, 2.05) is 30.3 Å². The van der Waals surface area contributed by atoms with Crippen LogP contribution in [0.15, 0.2) is 54.9 Å². The SMILES string of the molecule is Cl.O=C(c1cc2cnccc2nc1C(F)(F)F)N1CCCN(CCOc2ccccc2)CC1. The predicted octanol–water partition coefficient (Wildman–Crippen LogP) is 4.30. The molecule has 0 unspecified atom stereocenters. The van der Waals surface area contributed by atoms with Crippen molar-refractivity contribution in [3.63, 3.8) is 0 Å². The highest BCUT2D eigenvalue weighted by molar-refractivity contribution is 5.98. The molecule has 1 aliphatic rings. The number of halogens is 4. The Balaban J connectivity index is 0.00000306. The Morgan fingerprint density at radius 3 is 2.61 bits per heavy atom. The van der Waals surface area contributed by atoms with E-state index >= 15 is 0 Å². The third kappa shape index (κ3) is 6.11. The van der Waals surface area contributed by atoms with Crippen molar-refractivity contribution in [3.05, 3.63) is 66.1 Å². The van der Waals surface area contributed by atoms with E-state index in [-0.39, 0.29) is 17.9 Å². The minimum atomic E-state index is -4.73. The Labute approximate surface area is 195 Å². The fourth-order valence-corrected chi connectivity index (χ4v) is 3.77. The average molecular weight is 481 g/mol. The Bertz CT molecular complexity index is 1080. The van der Waals surface area contributed by atoms with E-state index in [1.54, 1.807) is 0 Å². The van der Waals surface area contributed by atoms with Crippen LogP contribution in [0.5, 0.6) is 5.75 Å². The van der Waals surface area contributed by atoms with Gasteiger partial charge in [0.25, 0.3) is 5.91 Å². The molecule has 3 aromatic rings. The molecule has 0 saturated carbocycles.